The zero-order chi connectivity index (χ0) is 13.8. The maximum Gasteiger partial charge on any atom is 0.148 e. The Morgan fingerprint density at radius 3 is 2.40 bits per heavy atom. The van der Waals surface area contributed by atoms with Crippen molar-refractivity contribution in [2.75, 3.05) is 5.32 Å². The van der Waals surface area contributed by atoms with E-state index < -0.39 is 0 Å². The van der Waals surface area contributed by atoms with Crippen LogP contribution in [0.5, 0.6) is 0 Å². The highest BCUT2D eigenvalue weighted by atomic mass is 16.1. The number of nitrogens with zero attached hydrogens (tertiary/aromatic N) is 3. The summed E-state index contributed by atoms with van der Waals surface area (Å²) in [5, 5.41) is 11.8. The highest BCUT2D eigenvalue weighted by molar-refractivity contribution is 5.79. The second-order valence-corrected chi connectivity index (χ2v) is 5.00. The summed E-state index contributed by atoms with van der Waals surface area (Å²) < 4.78 is 0. The number of carbonyl (C=O) groups is 1. The zero-order valence-corrected chi connectivity index (χ0v) is 11.1. The molecule has 0 aromatic carbocycles. The van der Waals surface area contributed by atoms with Crippen LogP contribution in [0.15, 0.2) is 36.7 Å². The summed E-state index contributed by atoms with van der Waals surface area (Å²) in [5.41, 5.74) is 1.83. The molecule has 2 aromatic rings. The standard InChI is InChI=1S/C15H16N4O/c20-13-3-1-12(2-4-13)17-15-6-5-14(18-19-15)11-7-9-16-10-8-11/h5-10,12H,1-4H2,(H,17,19). The minimum Gasteiger partial charge on any atom is -0.366 e. The summed E-state index contributed by atoms with van der Waals surface area (Å²) in [5.74, 6) is 1.13. The van der Waals surface area contributed by atoms with Gasteiger partial charge in [0, 0.05) is 36.8 Å². The third kappa shape index (κ3) is 2.99. The van der Waals surface area contributed by atoms with Crippen molar-refractivity contribution in [1.82, 2.24) is 15.2 Å². The van der Waals surface area contributed by atoms with Crippen LogP contribution in [0, 0.1) is 0 Å². The number of rotatable bonds is 3. The van der Waals surface area contributed by atoms with Crippen LogP contribution in [0.25, 0.3) is 11.3 Å². The molecule has 0 saturated heterocycles. The minimum atomic E-state index is 0.328. The van der Waals surface area contributed by atoms with Crippen molar-refractivity contribution in [1.29, 1.82) is 0 Å². The molecule has 1 aliphatic rings. The summed E-state index contributed by atoms with van der Waals surface area (Å²) in [6.07, 6.45) is 6.57. The molecule has 5 nitrogen and oxygen atoms in total. The van der Waals surface area contributed by atoms with Crippen LogP contribution in [0.3, 0.4) is 0 Å². The van der Waals surface area contributed by atoms with Crippen molar-refractivity contribution in [2.24, 2.45) is 0 Å². The van der Waals surface area contributed by atoms with Gasteiger partial charge in [0.15, 0.2) is 0 Å². The van der Waals surface area contributed by atoms with E-state index in [9.17, 15) is 4.79 Å². The number of carbonyl (C=O) groups excluding carboxylic acids is 1. The number of Topliss-reactive ketones (excluding diaryl/α,β-unsaturated/α-hetero) is 1. The molecule has 5 heteroatoms. The van der Waals surface area contributed by atoms with E-state index in [0.717, 1.165) is 29.9 Å². The van der Waals surface area contributed by atoms with Crippen LogP contribution < -0.4 is 5.32 Å². The third-order valence-electron chi connectivity index (χ3n) is 3.54. The van der Waals surface area contributed by atoms with Gasteiger partial charge in [0.05, 0.1) is 5.69 Å². The predicted octanol–water partition coefficient (Wildman–Crippen LogP) is 2.46. The highest BCUT2D eigenvalue weighted by Crippen LogP contribution is 2.20. The fraction of sp³-hybridized carbons (Fsp3) is 0.333. The van der Waals surface area contributed by atoms with E-state index in [0.29, 0.717) is 24.7 Å². The lowest BCUT2D eigenvalue weighted by atomic mass is 9.94. The molecule has 0 amide bonds. The number of nitrogens with one attached hydrogen (secondary N) is 1. The molecular formula is C15H16N4O. The first-order chi connectivity index (χ1) is 9.81. The molecular weight excluding hydrogens is 252 g/mol. The first-order valence-corrected chi connectivity index (χ1v) is 6.83. The number of hydrogen-bond acceptors (Lipinski definition) is 5. The molecule has 1 fully saturated rings. The van der Waals surface area contributed by atoms with Crippen LogP contribution in [0.1, 0.15) is 25.7 Å². The van der Waals surface area contributed by atoms with E-state index in [4.69, 9.17) is 0 Å². The molecule has 0 aliphatic heterocycles. The molecule has 2 aromatic heterocycles. The molecule has 0 spiro atoms. The van der Waals surface area contributed by atoms with Gasteiger partial charge in [-0.3, -0.25) is 9.78 Å². The summed E-state index contributed by atoms with van der Waals surface area (Å²) in [7, 11) is 0. The summed E-state index contributed by atoms with van der Waals surface area (Å²) in [6, 6.07) is 8.01. The molecule has 0 atom stereocenters. The average Bonchev–Trinajstić information content (AvgIpc) is 2.51. The number of hydrogen-bond donors (Lipinski definition) is 1. The van der Waals surface area contributed by atoms with E-state index in [1.807, 2.05) is 24.3 Å². The largest absolute Gasteiger partial charge is 0.366 e. The quantitative estimate of drug-likeness (QED) is 0.926. The average molecular weight is 268 g/mol. The molecule has 20 heavy (non-hydrogen) atoms. The van der Waals surface area contributed by atoms with E-state index in [1.54, 1.807) is 12.4 Å². The van der Waals surface area contributed by atoms with Crippen molar-refractivity contribution in [3.63, 3.8) is 0 Å². The Morgan fingerprint density at radius 2 is 1.75 bits per heavy atom. The van der Waals surface area contributed by atoms with E-state index in [2.05, 4.69) is 20.5 Å². The van der Waals surface area contributed by atoms with Gasteiger partial charge in [-0.1, -0.05) is 0 Å². The third-order valence-corrected chi connectivity index (χ3v) is 3.54. The lowest BCUT2D eigenvalue weighted by Crippen LogP contribution is -2.26. The maximum absolute atomic E-state index is 11.2. The fourth-order valence-corrected chi connectivity index (χ4v) is 2.38. The van der Waals surface area contributed by atoms with Gasteiger partial charge in [0.1, 0.15) is 11.6 Å². The maximum atomic E-state index is 11.2. The van der Waals surface area contributed by atoms with Gasteiger partial charge in [0.25, 0.3) is 0 Å². The van der Waals surface area contributed by atoms with Gasteiger partial charge in [-0.2, -0.15) is 0 Å². The number of anilines is 1. The van der Waals surface area contributed by atoms with Crippen LogP contribution in [0.2, 0.25) is 0 Å². The molecule has 3 rings (SSSR count). The lowest BCUT2D eigenvalue weighted by Gasteiger charge is -2.22. The fourth-order valence-electron chi connectivity index (χ4n) is 2.38. The summed E-state index contributed by atoms with van der Waals surface area (Å²) >= 11 is 0. The van der Waals surface area contributed by atoms with E-state index >= 15 is 0 Å². The summed E-state index contributed by atoms with van der Waals surface area (Å²) in [6.45, 7) is 0. The van der Waals surface area contributed by atoms with Gasteiger partial charge in [0.2, 0.25) is 0 Å². The monoisotopic (exact) mass is 268 g/mol. The van der Waals surface area contributed by atoms with Gasteiger partial charge in [-0.05, 0) is 37.1 Å². The SMILES string of the molecule is O=C1CCC(Nc2ccc(-c3ccncc3)nn2)CC1. The van der Waals surface area contributed by atoms with Crippen molar-refractivity contribution in [2.45, 2.75) is 31.7 Å². The second-order valence-electron chi connectivity index (χ2n) is 5.00. The molecule has 102 valence electrons. The van der Waals surface area contributed by atoms with Crippen molar-refractivity contribution in [3.8, 4) is 11.3 Å². The lowest BCUT2D eigenvalue weighted by molar-refractivity contribution is -0.120. The molecule has 0 radical (unpaired) electrons. The number of pyridine rings is 1. The van der Waals surface area contributed by atoms with Gasteiger partial charge in [-0.25, -0.2) is 0 Å². The Kier molecular flexibility index (Phi) is 3.67. The number of aromatic nitrogens is 3. The Hall–Kier alpha value is -2.30. The first kappa shape index (κ1) is 12.7. The normalized spacial score (nSPS) is 16.1. The van der Waals surface area contributed by atoms with Gasteiger partial charge < -0.3 is 5.32 Å². The van der Waals surface area contributed by atoms with Crippen LogP contribution in [0.4, 0.5) is 5.82 Å². The van der Waals surface area contributed by atoms with Crippen LogP contribution in [-0.2, 0) is 4.79 Å². The molecule has 0 bridgehead atoms. The Morgan fingerprint density at radius 1 is 1.00 bits per heavy atom. The van der Waals surface area contributed by atoms with E-state index in [-0.39, 0.29) is 0 Å². The van der Waals surface area contributed by atoms with Crippen LogP contribution in [-0.4, -0.2) is 27.0 Å². The molecule has 1 N–H and O–H groups in total. The van der Waals surface area contributed by atoms with Crippen LogP contribution >= 0.6 is 0 Å². The minimum absolute atomic E-state index is 0.328. The second kappa shape index (κ2) is 5.77. The van der Waals surface area contributed by atoms with Crippen molar-refractivity contribution < 1.29 is 4.79 Å². The first-order valence-electron chi connectivity index (χ1n) is 6.83. The van der Waals surface area contributed by atoms with Crippen molar-refractivity contribution >= 4 is 11.6 Å². The molecule has 0 unspecified atom stereocenters. The van der Waals surface area contributed by atoms with Gasteiger partial charge in [-0.15, -0.1) is 10.2 Å². The number of ketones is 1. The molecule has 1 aliphatic carbocycles. The van der Waals surface area contributed by atoms with Crippen molar-refractivity contribution in [3.05, 3.63) is 36.7 Å². The smallest absolute Gasteiger partial charge is 0.148 e. The van der Waals surface area contributed by atoms with E-state index in [1.165, 1.54) is 0 Å². The molecule has 1 saturated carbocycles. The topological polar surface area (TPSA) is 67.8 Å². The highest BCUT2D eigenvalue weighted by Gasteiger charge is 2.18. The Balaban J connectivity index is 1.66. The Labute approximate surface area is 117 Å². The summed E-state index contributed by atoms with van der Waals surface area (Å²) in [4.78, 5) is 15.2. The predicted molar refractivity (Wildman–Crippen MR) is 76.1 cm³/mol. The van der Waals surface area contributed by atoms with Gasteiger partial charge >= 0.3 is 0 Å². The zero-order valence-electron chi connectivity index (χ0n) is 11.1. The Bertz CT molecular complexity index is 573. The molecule has 2 heterocycles.